The molecule has 0 radical (unpaired) electrons. The summed E-state index contributed by atoms with van der Waals surface area (Å²) < 4.78 is 5.56. The van der Waals surface area contributed by atoms with Crippen molar-refractivity contribution in [3.8, 4) is 5.75 Å². The van der Waals surface area contributed by atoms with Gasteiger partial charge in [-0.25, -0.2) is 4.79 Å². The molecule has 3 rings (SSSR count). The van der Waals surface area contributed by atoms with Gasteiger partial charge in [0.25, 0.3) is 0 Å². The lowest BCUT2D eigenvalue weighted by molar-refractivity contribution is -0.143. The molecule has 0 heterocycles. The third-order valence-corrected chi connectivity index (χ3v) is 8.38. The van der Waals surface area contributed by atoms with Gasteiger partial charge in [0.2, 0.25) is 11.8 Å². The Hall–Kier alpha value is -3.55. The van der Waals surface area contributed by atoms with Gasteiger partial charge in [0.1, 0.15) is 23.4 Å². The molecular formula is C37H55N3O5. The number of hydrogen-bond acceptors (Lipinski definition) is 5. The molecule has 3 N–H and O–H groups in total. The average molecular weight is 622 g/mol. The number of carbonyl (C=O) groups is 3. The Morgan fingerprint density at radius 3 is 2.27 bits per heavy atom. The van der Waals surface area contributed by atoms with Crippen LogP contribution in [0.4, 0.5) is 4.79 Å². The maximum absolute atomic E-state index is 14.7. The maximum atomic E-state index is 14.7. The number of rotatable bonds is 15. The molecule has 3 amide bonds. The number of benzene rings is 2. The molecule has 1 aliphatic rings. The zero-order valence-electron chi connectivity index (χ0n) is 28.1. The number of hydrogen-bond donors (Lipinski definition) is 3. The maximum Gasteiger partial charge on any atom is 0.408 e. The highest BCUT2D eigenvalue weighted by atomic mass is 16.6. The fraction of sp³-hybridized carbons (Fsp3) is 0.595. The van der Waals surface area contributed by atoms with Gasteiger partial charge in [-0.3, -0.25) is 9.59 Å². The molecule has 0 aromatic heterocycles. The first-order chi connectivity index (χ1) is 21.5. The van der Waals surface area contributed by atoms with Crippen LogP contribution in [0.2, 0.25) is 0 Å². The summed E-state index contributed by atoms with van der Waals surface area (Å²) in [6, 6.07) is 12.8. The number of phenolic OH excluding ortho intramolecular Hbond substituents is 1. The van der Waals surface area contributed by atoms with Crippen LogP contribution in [0, 0.1) is 6.92 Å². The zero-order valence-corrected chi connectivity index (χ0v) is 28.1. The van der Waals surface area contributed by atoms with Crippen molar-refractivity contribution in [3.05, 3.63) is 65.2 Å². The molecule has 8 heteroatoms. The van der Waals surface area contributed by atoms with Crippen molar-refractivity contribution in [1.82, 2.24) is 15.5 Å². The Balaban J connectivity index is 2.03. The lowest BCUT2D eigenvalue weighted by Crippen LogP contribution is -2.54. The molecule has 2 atom stereocenters. The Bertz CT molecular complexity index is 1220. The van der Waals surface area contributed by atoms with E-state index in [2.05, 4.69) is 17.6 Å². The Labute approximate surface area is 270 Å². The molecule has 2 aromatic carbocycles. The van der Waals surface area contributed by atoms with E-state index in [1.54, 1.807) is 50.8 Å². The predicted octanol–water partition coefficient (Wildman–Crippen LogP) is 7.52. The van der Waals surface area contributed by atoms with E-state index in [0.29, 0.717) is 24.1 Å². The molecule has 1 aliphatic carbocycles. The molecule has 2 aromatic rings. The van der Waals surface area contributed by atoms with E-state index in [4.69, 9.17) is 4.74 Å². The SMILES string of the molecule is CCCCCCCCN(C(=O)C(Cc1ccccc1)NC(=O)OC(C)(C)C)C(C(=O)NC1CCCCC1)c1cccc(C)c1O. The number of aromatic hydroxyl groups is 1. The lowest BCUT2D eigenvalue weighted by atomic mass is 9.93. The quantitative estimate of drug-likeness (QED) is 0.178. The predicted molar refractivity (Wildman–Crippen MR) is 179 cm³/mol. The van der Waals surface area contributed by atoms with E-state index in [1.165, 1.54) is 0 Å². The number of aryl methyl sites for hydroxylation is 1. The summed E-state index contributed by atoms with van der Waals surface area (Å²) in [6.45, 7) is 9.60. The molecule has 248 valence electrons. The van der Waals surface area contributed by atoms with Crippen molar-refractivity contribution in [2.24, 2.45) is 0 Å². The van der Waals surface area contributed by atoms with E-state index in [1.807, 2.05) is 30.3 Å². The standard InChI is InChI=1S/C37H55N3O5/c1-6-7-8-9-10-17-25-40(35(43)31(26-28-20-13-11-14-21-28)39-36(44)45-37(3,4)5)32(30-24-18-19-27(2)33(30)41)34(42)38-29-22-15-12-16-23-29/h11,13-14,18-21,24,29,31-32,41H,6-10,12,15-17,22-23,25-26H2,1-5H3,(H,38,42)(H,39,44). The van der Waals surface area contributed by atoms with E-state index in [-0.39, 0.29) is 30.0 Å². The van der Waals surface area contributed by atoms with Gasteiger partial charge in [-0.05, 0) is 58.1 Å². The first-order valence-corrected chi connectivity index (χ1v) is 16.9. The van der Waals surface area contributed by atoms with Crippen LogP contribution in [-0.2, 0) is 20.7 Å². The number of amides is 3. The summed E-state index contributed by atoms with van der Waals surface area (Å²) in [7, 11) is 0. The first-order valence-electron chi connectivity index (χ1n) is 16.9. The monoisotopic (exact) mass is 621 g/mol. The van der Waals surface area contributed by atoms with Crippen LogP contribution >= 0.6 is 0 Å². The molecule has 1 fully saturated rings. The number of para-hydroxylation sites is 1. The molecule has 1 saturated carbocycles. The normalized spacial score (nSPS) is 15.1. The minimum absolute atomic E-state index is 0.00162. The topological polar surface area (TPSA) is 108 Å². The summed E-state index contributed by atoms with van der Waals surface area (Å²) in [5, 5.41) is 17.3. The minimum Gasteiger partial charge on any atom is -0.507 e. The third-order valence-electron chi connectivity index (χ3n) is 8.38. The second-order valence-electron chi connectivity index (χ2n) is 13.4. The number of unbranched alkanes of at least 4 members (excludes halogenated alkanes) is 5. The van der Waals surface area contributed by atoms with Crippen molar-refractivity contribution >= 4 is 17.9 Å². The van der Waals surface area contributed by atoms with Crippen molar-refractivity contribution in [1.29, 1.82) is 0 Å². The van der Waals surface area contributed by atoms with Crippen molar-refractivity contribution < 1.29 is 24.2 Å². The van der Waals surface area contributed by atoms with Crippen molar-refractivity contribution in [3.63, 3.8) is 0 Å². The van der Waals surface area contributed by atoms with Gasteiger partial charge in [-0.2, -0.15) is 0 Å². The van der Waals surface area contributed by atoms with Gasteiger partial charge in [-0.1, -0.05) is 107 Å². The summed E-state index contributed by atoms with van der Waals surface area (Å²) in [6.07, 6.45) is 10.6. The molecule has 0 saturated heterocycles. The van der Waals surface area contributed by atoms with Crippen LogP contribution in [0.25, 0.3) is 0 Å². The summed E-state index contributed by atoms with van der Waals surface area (Å²) in [4.78, 5) is 43.6. The van der Waals surface area contributed by atoms with Crippen LogP contribution in [0.5, 0.6) is 5.75 Å². The fourth-order valence-corrected chi connectivity index (χ4v) is 6.01. The number of alkyl carbamates (subject to hydrolysis) is 1. The largest absolute Gasteiger partial charge is 0.507 e. The molecular weight excluding hydrogens is 566 g/mol. The number of carbonyl (C=O) groups excluding carboxylic acids is 3. The lowest BCUT2D eigenvalue weighted by Gasteiger charge is -2.36. The van der Waals surface area contributed by atoms with Crippen LogP contribution in [-0.4, -0.2) is 52.1 Å². The van der Waals surface area contributed by atoms with Crippen LogP contribution < -0.4 is 10.6 Å². The number of phenols is 1. The van der Waals surface area contributed by atoms with Gasteiger partial charge in [0.15, 0.2) is 0 Å². The second-order valence-corrected chi connectivity index (χ2v) is 13.4. The van der Waals surface area contributed by atoms with Crippen molar-refractivity contribution in [2.75, 3.05) is 6.54 Å². The van der Waals surface area contributed by atoms with Crippen molar-refractivity contribution in [2.45, 2.75) is 135 Å². The highest BCUT2D eigenvalue weighted by Crippen LogP contribution is 2.33. The van der Waals surface area contributed by atoms with Crippen LogP contribution in [0.3, 0.4) is 0 Å². The van der Waals surface area contributed by atoms with Gasteiger partial charge in [-0.15, -0.1) is 0 Å². The van der Waals surface area contributed by atoms with Gasteiger partial charge >= 0.3 is 6.09 Å². The summed E-state index contributed by atoms with van der Waals surface area (Å²) in [5.41, 5.74) is 1.13. The first kappa shape index (κ1) is 35.9. The average Bonchev–Trinajstić information content (AvgIpc) is 2.99. The smallest absolute Gasteiger partial charge is 0.408 e. The third kappa shape index (κ3) is 11.7. The molecule has 2 unspecified atom stereocenters. The number of nitrogens with one attached hydrogen (secondary N) is 2. The van der Waals surface area contributed by atoms with E-state index < -0.39 is 23.8 Å². The van der Waals surface area contributed by atoms with E-state index in [0.717, 1.165) is 69.8 Å². The van der Waals surface area contributed by atoms with Gasteiger partial charge in [0, 0.05) is 24.6 Å². The van der Waals surface area contributed by atoms with Crippen LogP contribution in [0.15, 0.2) is 48.5 Å². The molecule has 0 aliphatic heterocycles. The van der Waals surface area contributed by atoms with E-state index in [9.17, 15) is 19.5 Å². The minimum atomic E-state index is -1.06. The summed E-state index contributed by atoms with van der Waals surface area (Å²) >= 11 is 0. The fourth-order valence-electron chi connectivity index (χ4n) is 6.01. The Morgan fingerprint density at radius 1 is 0.933 bits per heavy atom. The molecule has 0 spiro atoms. The number of ether oxygens (including phenoxy) is 1. The second kappa shape index (κ2) is 17.8. The van der Waals surface area contributed by atoms with Gasteiger partial charge in [0.05, 0.1) is 0 Å². The highest BCUT2D eigenvalue weighted by Gasteiger charge is 2.38. The number of nitrogens with zero attached hydrogens (tertiary/aromatic N) is 1. The van der Waals surface area contributed by atoms with Crippen LogP contribution in [0.1, 0.15) is 121 Å². The molecule has 8 nitrogen and oxygen atoms in total. The summed E-state index contributed by atoms with van der Waals surface area (Å²) in [5.74, 6) is -0.692. The van der Waals surface area contributed by atoms with E-state index >= 15 is 0 Å². The highest BCUT2D eigenvalue weighted by molar-refractivity contribution is 5.93. The zero-order chi connectivity index (χ0) is 32.8. The molecule has 0 bridgehead atoms. The Morgan fingerprint density at radius 2 is 1.60 bits per heavy atom. The van der Waals surface area contributed by atoms with Gasteiger partial charge < -0.3 is 25.4 Å². The molecule has 45 heavy (non-hydrogen) atoms. The Kier molecular flexibility index (Phi) is 14.2.